The van der Waals surface area contributed by atoms with Crippen LogP contribution >= 0.6 is 0 Å². The van der Waals surface area contributed by atoms with Crippen molar-refractivity contribution in [1.82, 2.24) is 19.6 Å². The van der Waals surface area contributed by atoms with Crippen LogP contribution in [-0.2, 0) is 6.42 Å². The normalized spacial score (nSPS) is 10.8. The van der Waals surface area contributed by atoms with Crippen molar-refractivity contribution in [3.63, 3.8) is 0 Å². The third kappa shape index (κ3) is 2.04. The Balaban J connectivity index is 2.34. The first-order chi connectivity index (χ1) is 7.33. The lowest BCUT2D eigenvalue weighted by molar-refractivity contribution is 0.299. The molecule has 0 amide bonds. The van der Waals surface area contributed by atoms with Crippen LogP contribution in [0.2, 0.25) is 0 Å². The predicted molar refractivity (Wildman–Crippen MR) is 52.7 cm³/mol. The molecule has 0 saturated carbocycles. The van der Waals surface area contributed by atoms with Gasteiger partial charge in [-0.3, -0.25) is 0 Å². The van der Waals surface area contributed by atoms with Crippen molar-refractivity contribution in [2.45, 2.75) is 13.3 Å². The van der Waals surface area contributed by atoms with E-state index in [1.807, 2.05) is 6.92 Å². The Morgan fingerprint density at radius 2 is 2.40 bits per heavy atom. The summed E-state index contributed by atoms with van der Waals surface area (Å²) in [6.07, 6.45) is 4.02. The van der Waals surface area contributed by atoms with Crippen LogP contribution in [0.3, 0.4) is 0 Å². The molecular formula is C9H12N4O2. The molecule has 0 aliphatic carbocycles. The summed E-state index contributed by atoms with van der Waals surface area (Å²) < 4.78 is 6.71. The van der Waals surface area contributed by atoms with Crippen molar-refractivity contribution in [3.05, 3.63) is 18.0 Å². The maximum atomic E-state index is 8.78. The third-order valence-electron chi connectivity index (χ3n) is 1.90. The number of nitrogens with zero attached hydrogens (tertiary/aromatic N) is 4. The number of aliphatic hydroxyl groups is 1. The molecule has 0 fully saturated rings. The summed E-state index contributed by atoms with van der Waals surface area (Å²) in [4.78, 5) is 8.16. The van der Waals surface area contributed by atoms with E-state index in [0.29, 0.717) is 24.8 Å². The molecule has 0 spiro atoms. The fourth-order valence-electron chi connectivity index (χ4n) is 1.25. The monoisotopic (exact) mass is 208 g/mol. The zero-order valence-electron chi connectivity index (χ0n) is 8.42. The molecule has 15 heavy (non-hydrogen) atoms. The molecule has 2 heterocycles. The molecule has 1 N–H and O–H groups in total. The maximum absolute atomic E-state index is 8.78. The molecule has 2 aromatic heterocycles. The van der Waals surface area contributed by atoms with Crippen LogP contribution in [0.25, 0.3) is 5.78 Å². The largest absolute Gasteiger partial charge is 0.463 e. The summed E-state index contributed by atoms with van der Waals surface area (Å²) in [5.74, 6) is 0.500. The lowest BCUT2D eigenvalue weighted by Crippen LogP contribution is -1.97. The Hall–Kier alpha value is -1.69. The zero-order valence-corrected chi connectivity index (χ0v) is 8.42. The van der Waals surface area contributed by atoms with E-state index in [0.717, 1.165) is 5.56 Å². The van der Waals surface area contributed by atoms with Crippen LogP contribution in [0.1, 0.15) is 12.5 Å². The Bertz CT molecular complexity index is 450. The number of rotatable bonds is 4. The van der Waals surface area contributed by atoms with Crippen LogP contribution in [0.5, 0.6) is 6.01 Å². The summed E-state index contributed by atoms with van der Waals surface area (Å²) in [5.41, 5.74) is 0.915. The topological polar surface area (TPSA) is 72.5 Å². The molecule has 0 aromatic carbocycles. The van der Waals surface area contributed by atoms with Gasteiger partial charge in [-0.15, -0.1) is 5.10 Å². The highest BCUT2D eigenvalue weighted by Crippen LogP contribution is 2.06. The van der Waals surface area contributed by atoms with Crippen LogP contribution in [0.15, 0.2) is 12.4 Å². The van der Waals surface area contributed by atoms with Crippen molar-refractivity contribution in [2.75, 3.05) is 13.2 Å². The van der Waals surface area contributed by atoms with E-state index in [2.05, 4.69) is 15.1 Å². The Labute approximate surface area is 86.5 Å². The molecule has 2 rings (SSSR count). The molecule has 80 valence electrons. The van der Waals surface area contributed by atoms with E-state index >= 15 is 0 Å². The van der Waals surface area contributed by atoms with Gasteiger partial charge in [0.1, 0.15) is 0 Å². The first kappa shape index (κ1) is 9.85. The van der Waals surface area contributed by atoms with Crippen molar-refractivity contribution in [1.29, 1.82) is 0 Å². The maximum Gasteiger partial charge on any atom is 0.337 e. The molecule has 0 aliphatic rings. The second-order valence-corrected chi connectivity index (χ2v) is 3.01. The van der Waals surface area contributed by atoms with E-state index in [4.69, 9.17) is 9.84 Å². The molecule has 6 nitrogen and oxygen atoms in total. The Kier molecular flexibility index (Phi) is 2.77. The van der Waals surface area contributed by atoms with Gasteiger partial charge in [-0.25, -0.2) is 9.50 Å². The van der Waals surface area contributed by atoms with E-state index in [9.17, 15) is 0 Å². The van der Waals surface area contributed by atoms with Crippen molar-refractivity contribution in [3.8, 4) is 6.01 Å². The first-order valence-corrected chi connectivity index (χ1v) is 4.78. The van der Waals surface area contributed by atoms with Crippen molar-refractivity contribution < 1.29 is 9.84 Å². The number of hydrogen-bond donors (Lipinski definition) is 1. The number of ether oxygens (including phenoxy) is 1. The summed E-state index contributed by atoms with van der Waals surface area (Å²) in [5, 5.41) is 12.9. The van der Waals surface area contributed by atoms with E-state index in [-0.39, 0.29) is 6.61 Å². The summed E-state index contributed by atoms with van der Waals surface area (Å²) in [6.45, 7) is 2.50. The second-order valence-electron chi connectivity index (χ2n) is 3.01. The summed E-state index contributed by atoms with van der Waals surface area (Å²) >= 11 is 0. The molecule has 6 heteroatoms. The van der Waals surface area contributed by atoms with Crippen molar-refractivity contribution >= 4 is 5.78 Å². The van der Waals surface area contributed by atoms with Gasteiger partial charge in [0.2, 0.25) is 0 Å². The van der Waals surface area contributed by atoms with E-state index < -0.39 is 0 Å². The quantitative estimate of drug-likeness (QED) is 0.769. The van der Waals surface area contributed by atoms with Gasteiger partial charge in [0, 0.05) is 19.0 Å². The summed E-state index contributed by atoms with van der Waals surface area (Å²) in [6, 6.07) is 0.325. The lowest BCUT2D eigenvalue weighted by atomic mass is 10.3. The molecule has 0 aliphatic heterocycles. The number of hydrogen-bond acceptors (Lipinski definition) is 5. The van der Waals surface area contributed by atoms with Crippen LogP contribution in [0, 0.1) is 0 Å². The van der Waals surface area contributed by atoms with Gasteiger partial charge >= 0.3 is 6.01 Å². The molecule has 0 saturated heterocycles. The van der Waals surface area contributed by atoms with E-state index in [1.54, 1.807) is 16.9 Å². The third-order valence-corrected chi connectivity index (χ3v) is 1.90. The minimum Gasteiger partial charge on any atom is -0.463 e. The zero-order chi connectivity index (χ0) is 10.7. The van der Waals surface area contributed by atoms with Gasteiger partial charge in [0.05, 0.1) is 6.61 Å². The SMILES string of the molecule is CCOc1nc2ncc(CCO)cn2n1. The molecule has 2 aromatic rings. The van der Waals surface area contributed by atoms with Gasteiger partial charge in [0.15, 0.2) is 0 Å². The van der Waals surface area contributed by atoms with Crippen molar-refractivity contribution in [2.24, 2.45) is 0 Å². The minimum absolute atomic E-state index is 0.0974. The lowest BCUT2D eigenvalue weighted by Gasteiger charge is -1.96. The molecule has 0 atom stereocenters. The van der Waals surface area contributed by atoms with Crippen LogP contribution in [0.4, 0.5) is 0 Å². The molecule has 0 radical (unpaired) electrons. The molecule has 0 unspecified atom stereocenters. The fraction of sp³-hybridized carbons (Fsp3) is 0.444. The van der Waals surface area contributed by atoms with Crippen LogP contribution < -0.4 is 4.74 Å². The van der Waals surface area contributed by atoms with Gasteiger partial charge in [-0.1, -0.05) is 0 Å². The smallest absolute Gasteiger partial charge is 0.337 e. The molecular weight excluding hydrogens is 196 g/mol. The number of aliphatic hydroxyl groups excluding tert-OH is 1. The first-order valence-electron chi connectivity index (χ1n) is 4.78. The Morgan fingerprint density at radius 1 is 1.53 bits per heavy atom. The number of fused-ring (bicyclic) bond motifs is 1. The van der Waals surface area contributed by atoms with Gasteiger partial charge in [0.25, 0.3) is 5.78 Å². The highest BCUT2D eigenvalue weighted by molar-refractivity contribution is 5.29. The molecule has 0 bridgehead atoms. The van der Waals surface area contributed by atoms with Crippen LogP contribution in [-0.4, -0.2) is 37.9 Å². The number of aromatic nitrogens is 4. The highest BCUT2D eigenvalue weighted by atomic mass is 16.5. The second kappa shape index (κ2) is 4.22. The Morgan fingerprint density at radius 3 is 3.13 bits per heavy atom. The fourth-order valence-corrected chi connectivity index (χ4v) is 1.25. The van der Waals surface area contributed by atoms with E-state index in [1.165, 1.54) is 0 Å². The average Bonchev–Trinajstić information content (AvgIpc) is 2.60. The summed E-state index contributed by atoms with van der Waals surface area (Å²) in [7, 11) is 0. The van der Waals surface area contributed by atoms with Gasteiger partial charge < -0.3 is 9.84 Å². The van der Waals surface area contributed by atoms with Gasteiger partial charge in [-0.05, 0) is 18.9 Å². The minimum atomic E-state index is 0.0974. The average molecular weight is 208 g/mol. The predicted octanol–water partition coefficient (Wildman–Crippen LogP) is 0.0578. The standard InChI is InChI=1S/C9H12N4O2/c1-2-15-9-11-8-10-5-7(3-4-14)6-13(8)12-9/h5-6,14H,2-4H2,1H3. The van der Waals surface area contributed by atoms with Gasteiger partial charge in [-0.2, -0.15) is 4.98 Å². The highest BCUT2D eigenvalue weighted by Gasteiger charge is 2.05.